The van der Waals surface area contributed by atoms with Crippen LogP contribution in [0.3, 0.4) is 0 Å². The number of hydrogen-bond donors (Lipinski definition) is 0. The van der Waals surface area contributed by atoms with Crippen LogP contribution in [0.2, 0.25) is 0 Å². The Hall–Kier alpha value is -1.81. The first-order valence-corrected chi connectivity index (χ1v) is 8.19. The van der Waals surface area contributed by atoms with Gasteiger partial charge in [0.2, 0.25) is 0 Å². The molecule has 1 heterocycles. The molecule has 23 heavy (non-hydrogen) atoms. The molecule has 1 aromatic carbocycles. The molecule has 1 aliphatic heterocycles. The zero-order valence-electron chi connectivity index (χ0n) is 14.6. The number of carbonyl (C=O) groups is 1. The van der Waals surface area contributed by atoms with Crippen LogP contribution in [-0.4, -0.2) is 44.5 Å². The Labute approximate surface area is 139 Å². The highest BCUT2D eigenvalue weighted by Crippen LogP contribution is 2.29. The molecular formula is C19H27NO3. The average molecular weight is 317 g/mol. The van der Waals surface area contributed by atoms with Crippen LogP contribution in [0.4, 0.5) is 0 Å². The van der Waals surface area contributed by atoms with E-state index in [0.29, 0.717) is 17.1 Å². The van der Waals surface area contributed by atoms with Crippen LogP contribution < -0.4 is 9.47 Å². The van der Waals surface area contributed by atoms with Gasteiger partial charge in [-0.05, 0) is 45.4 Å². The van der Waals surface area contributed by atoms with E-state index in [1.807, 2.05) is 12.1 Å². The summed E-state index contributed by atoms with van der Waals surface area (Å²) < 4.78 is 10.6. The molecule has 126 valence electrons. The van der Waals surface area contributed by atoms with Crippen LogP contribution in [0.5, 0.6) is 11.5 Å². The molecule has 0 bridgehead atoms. The Morgan fingerprint density at radius 1 is 1.35 bits per heavy atom. The van der Waals surface area contributed by atoms with Gasteiger partial charge < -0.3 is 9.47 Å². The van der Waals surface area contributed by atoms with Crippen LogP contribution in [0.15, 0.2) is 29.8 Å². The Bertz CT molecular complexity index is 580. The van der Waals surface area contributed by atoms with Crippen LogP contribution in [0.1, 0.15) is 37.0 Å². The minimum absolute atomic E-state index is 0.0377. The summed E-state index contributed by atoms with van der Waals surface area (Å²) in [6, 6.07) is 5.41. The van der Waals surface area contributed by atoms with E-state index in [-0.39, 0.29) is 11.7 Å². The summed E-state index contributed by atoms with van der Waals surface area (Å²) in [5, 5.41) is 0. The molecule has 1 saturated heterocycles. The zero-order valence-corrected chi connectivity index (χ0v) is 14.6. The molecule has 0 spiro atoms. The lowest BCUT2D eigenvalue weighted by molar-refractivity contribution is 0.0826. The maximum atomic E-state index is 12.9. The van der Waals surface area contributed by atoms with Gasteiger partial charge in [-0.2, -0.15) is 0 Å². The fourth-order valence-electron chi connectivity index (χ4n) is 3.08. The standard InChI is InChI=1S/C19H27NO3/c1-5-14(2)12-20-10-6-7-15(13-20)19(21)17-9-8-16(22-3)11-18(17)23-4/h5,8-9,11,15H,6-7,10,12-13H2,1-4H3/b14-5+. The van der Waals surface area contributed by atoms with Crippen LogP contribution >= 0.6 is 0 Å². The Kier molecular flexibility index (Phi) is 6.22. The van der Waals surface area contributed by atoms with Crippen molar-refractivity contribution in [1.82, 2.24) is 4.90 Å². The van der Waals surface area contributed by atoms with Crippen LogP contribution in [-0.2, 0) is 0 Å². The normalized spacial score (nSPS) is 19.5. The average Bonchev–Trinajstić information content (AvgIpc) is 2.60. The minimum atomic E-state index is 0.0377. The summed E-state index contributed by atoms with van der Waals surface area (Å²) in [5.74, 6) is 1.51. The van der Waals surface area contributed by atoms with Crippen LogP contribution in [0, 0.1) is 5.92 Å². The van der Waals surface area contributed by atoms with Crippen molar-refractivity contribution < 1.29 is 14.3 Å². The lowest BCUT2D eigenvalue weighted by Gasteiger charge is -2.32. The molecule has 1 unspecified atom stereocenters. The predicted octanol–water partition coefficient (Wildman–Crippen LogP) is 3.56. The van der Waals surface area contributed by atoms with Crippen LogP contribution in [0.25, 0.3) is 0 Å². The summed E-state index contributed by atoms with van der Waals surface area (Å²) in [6.45, 7) is 7.02. The van der Waals surface area contributed by atoms with Crippen molar-refractivity contribution in [3.05, 3.63) is 35.4 Å². The third-order valence-corrected chi connectivity index (χ3v) is 4.52. The predicted molar refractivity (Wildman–Crippen MR) is 92.5 cm³/mol. The lowest BCUT2D eigenvalue weighted by atomic mass is 9.89. The number of hydrogen-bond acceptors (Lipinski definition) is 4. The highest BCUT2D eigenvalue weighted by molar-refractivity contribution is 6.00. The summed E-state index contributed by atoms with van der Waals surface area (Å²) in [6.07, 6.45) is 4.14. The number of Topliss-reactive ketones (excluding diaryl/α,β-unsaturated/α-hetero) is 1. The summed E-state index contributed by atoms with van der Waals surface area (Å²) in [4.78, 5) is 15.3. The van der Waals surface area contributed by atoms with Crippen molar-refractivity contribution in [2.45, 2.75) is 26.7 Å². The third kappa shape index (κ3) is 4.35. The number of piperidine rings is 1. The van der Waals surface area contributed by atoms with Crippen molar-refractivity contribution in [3.8, 4) is 11.5 Å². The van der Waals surface area contributed by atoms with E-state index in [1.54, 1.807) is 20.3 Å². The van der Waals surface area contributed by atoms with Gasteiger partial charge in [0.15, 0.2) is 5.78 Å². The Morgan fingerprint density at radius 2 is 2.13 bits per heavy atom. The van der Waals surface area contributed by atoms with Gasteiger partial charge in [0.1, 0.15) is 11.5 Å². The number of rotatable bonds is 6. The summed E-state index contributed by atoms with van der Waals surface area (Å²) in [7, 11) is 3.20. The molecule has 2 rings (SSSR count). The maximum absolute atomic E-state index is 12.9. The third-order valence-electron chi connectivity index (χ3n) is 4.52. The molecule has 1 fully saturated rings. The first-order valence-electron chi connectivity index (χ1n) is 8.19. The van der Waals surface area contributed by atoms with Crippen molar-refractivity contribution in [1.29, 1.82) is 0 Å². The second-order valence-corrected chi connectivity index (χ2v) is 6.14. The van der Waals surface area contributed by atoms with Crippen molar-refractivity contribution >= 4 is 5.78 Å². The van der Waals surface area contributed by atoms with Gasteiger partial charge in [-0.1, -0.05) is 11.6 Å². The van der Waals surface area contributed by atoms with E-state index in [4.69, 9.17) is 9.47 Å². The number of nitrogens with zero attached hydrogens (tertiary/aromatic N) is 1. The first-order chi connectivity index (χ1) is 11.1. The second kappa shape index (κ2) is 8.16. The molecule has 0 saturated carbocycles. The van der Waals surface area contributed by atoms with Gasteiger partial charge in [0.25, 0.3) is 0 Å². The van der Waals surface area contributed by atoms with E-state index >= 15 is 0 Å². The highest BCUT2D eigenvalue weighted by atomic mass is 16.5. The number of carbonyl (C=O) groups excluding carboxylic acids is 1. The Balaban J connectivity index is 2.13. The molecule has 4 nitrogen and oxygen atoms in total. The number of ether oxygens (including phenoxy) is 2. The molecule has 0 aliphatic carbocycles. The molecule has 0 aromatic heterocycles. The van der Waals surface area contributed by atoms with E-state index in [0.717, 1.165) is 32.5 Å². The molecular weight excluding hydrogens is 290 g/mol. The molecule has 0 radical (unpaired) electrons. The van der Waals surface area contributed by atoms with E-state index in [1.165, 1.54) is 5.57 Å². The molecule has 4 heteroatoms. The Morgan fingerprint density at radius 3 is 2.78 bits per heavy atom. The lowest BCUT2D eigenvalue weighted by Crippen LogP contribution is -2.39. The largest absolute Gasteiger partial charge is 0.497 e. The molecule has 1 aliphatic rings. The number of allylic oxidation sites excluding steroid dienone is 1. The SMILES string of the molecule is C/C=C(\C)CN1CCCC(C(=O)c2ccc(OC)cc2OC)C1. The van der Waals surface area contributed by atoms with Crippen molar-refractivity contribution in [2.24, 2.45) is 5.92 Å². The first kappa shape index (κ1) is 17.5. The quantitative estimate of drug-likeness (QED) is 0.594. The fraction of sp³-hybridized carbons (Fsp3) is 0.526. The number of likely N-dealkylation sites (tertiary alicyclic amines) is 1. The van der Waals surface area contributed by atoms with Gasteiger partial charge in [0.05, 0.1) is 19.8 Å². The monoisotopic (exact) mass is 317 g/mol. The van der Waals surface area contributed by atoms with E-state index < -0.39 is 0 Å². The summed E-state index contributed by atoms with van der Waals surface area (Å²) >= 11 is 0. The van der Waals surface area contributed by atoms with Gasteiger partial charge in [-0.15, -0.1) is 0 Å². The summed E-state index contributed by atoms with van der Waals surface area (Å²) in [5.41, 5.74) is 2.00. The van der Waals surface area contributed by atoms with Gasteiger partial charge in [0, 0.05) is 25.1 Å². The van der Waals surface area contributed by atoms with Gasteiger partial charge >= 0.3 is 0 Å². The second-order valence-electron chi connectivity index (χ2n) is 6.14. The van der Waals surface area contributed by atoms with Crippen molar-refractivity contribution in [3.63, 3.8) is 0 Å². The number of methoxy groups -OCH3 is 2. The molecule has 0 amide bonds. The molecule has 1 aromatic rings. The highest BCUT2D eigenvalue weighted by Gasteiger charge is 2.28. The van der Waals surface area contributed by atoms with Crippen molar-refractivity contribution in [2.75, 3.05) is 33.9 Å². The van der Waals surface area contributed by atoms with Gasteiger partial charge in [-0.25, -0.2) is 0 Å². The maximum Gasteiger partial charge on any atom is 0.170 e. The van der Waals surface area contributed by atoms with Gasteiger partial charge in [-0.3, -0.25) is 9.69 Å². The zero-order chi connectivity index (χ0) is 16.8. The molecule has 1 atom stereocenters. The van der Waals surface area contributed by atoms with E-state index in [2.05, 4.69) is 24.8 Å². The molecule has 0 N–H and O–H groups in total. The van der Waals surface area contributed by atoms with E-state index in [9.17, 15) is 4.79 Å². The fourth-order valence-corrected chi connectivity index (χ4v) is 3.08. The minimum Gasteiger partial charge on any atom is -0.497 e. The smallest absolute Gasteiger partial charge is 0.170 e. The topological polar surface area (TPSA) is 38.8 Å². The number of benzene rings is 1. The number of ketones is 1.